The zero-order chi connectivity index (χ0) is 26.4. The van der Waals surface area contributed by atoms with Crippen LogP contribution >= 0.6 is 0 Å². The summed E-state index contributed by atoms with van der Waals surface area (Å²) < 4.78 is 18.0. The minimum Gasteiger partial charge on any atom is -0.469 e. The van der Waals surface area contributed by atoms with Crippen molar-refractivity contribution in [2.24, 2.45) is 17.8 Å². The van der Waals surface area contributed by atoms with Crippen LogP contribution in [0.25, 0.3) is 0 Å². The number of hydrogen-bond acceptors (Lipinski definition) is 4. The number of anilines is 1. The molecule has 3 unspecified atom stereocenters. The second-order valence-corrected chi connectivity index (χ2v) is 10.5. The van der Waals surface area contributed by atoms with Gasteiger partial charge in [-0.3, -0.25) is 14.4 Å². The van der Waals surface area contributed by atoms with E-state index in [4.69, 9.17) is 4.74 Å². The first-order chi connectivity index (χ1) is 17.8. The van der Waals surface area contributed by atoms with Crippen LogP contribution in [0.2, 0.25) is 0 Å². The van der Waals surface area contributed by atoms with Crippen LogP contribution in [0.1, 0.15) is 62.5 Å². The number of hydrogen-bond donors (Lipinski definition) is 1. The number of likely N-dealkylation sites (tertiary alicyclic amines) is 1. The normalized spacial score (nSPS) is 21.2. The molecule has 4 rings (SSSR count). The number of methoxy groups -OCH3 is 1. The first-order valence-electron chi connectivity index (χ1n) is 13.4. The summed E-state index contributed by atoms with van der Waals surface area (Å²) in [5.74, 6) is -0.465. The largest absolute Gasteiger partial charge is 0.469 e. The van der Waals surface area contributed by atoms with Crippen molar-refractivity contribution in [1.29, 1.82) is 0 Å². The maximum atomic E-state index is 13.1. The molecule has 37 heavy (non-hydrogen) atoms. The van der Waals surface area contributed by atoms with Crippen LogP contribution < -0.4 is 5.32 Å². The summed E-state index contributed by atoms with van der Waals surface area (Å²) in [5, 5.41) is 2.98. The molecule has 2 aliphatic rings. The van der Waals surface area contributed by atoms with E-state index in [1.165, 1.54) is 24.8 Å². The quantitative estimate of drug-likeness (QED) is 0.513. The highest BCUT2D eigenvalue weighted by atomic mass is 19.1. The molecule has 1 N–H and O–H groups in total. The Bertz CT molecular complexity index is 1080. The van der Waals surface area contributed by atoms with E-state index in [1.54, 1.807) is 12.1 Å². The van der Waals surface area contributed by atoms with E-state index in [0.717, 1.165) is 56.4 Å². The Labute approximate surface area is 218 Å². The molecule has 0 radical (unpaired) electrons. The molecular weight excluding hydrogens is 471 g/mol. The van der Waals surface area contributed by atoms with Gasteiger partial charge in [-0.25, -0.2) is 4.39 Å². The van der Waals surface area contributed by atoms with Gasteiger partial charge in [-0.05, 0) is 79.8 Å². The molecule has 3 atom stereocenters. The molecular formula is C30H37FN2O4. The number of rotatable bonds is 7. The summed E-state index contributed by atoms with van der Waals surface area (Å²) in [6.07, 6.45) is 5.50. The summed E-state index contributed by atoms with van der Waals surface area (Å²) in [7, 11) is 1.41. The SMILES string of the molecule is COC(=O)C1CCCC(C(=O)N2CCC(c3ccc(NC(=O)C(C)Cc4ccc(F)cc4)cc3)CC2)C1. The van der Waals surface area contributed by atoms with Crippen LogP contribution in [-0.2, 0) is 25.5 Å². The number of benzene rings is 2. The van der Waals surface area contributed by atoms with Crippen LogP contribution in [0.5, 0.6) is 0 Å². The fourth-order valence-corrected chi connectivity index (χ4v) is 5.66. The minimum atomic E-state index is -0.281. The Morgan fingerprint density at radius 1 is 0.973 bits per heavy atom. The number of nitrogens with zero attached hydrogens (tertiary/aromatic N) is 1. The lowest BCUT2D eigenvalue weighted by molar-refractivity contribution is -0.148. The van der Waals surface area contributed by atoms with E-state index in [-0.39, 0.29) is 41.4 Å². The first kappa shape index (κ1) is 26.8. The highest BCUT2D eigenvalue weighted by Gasteiger charge is 2.35. The molecule has 1 saturated heterocycles. The van der Waals surface area contributed by atoms with Crippen LogP contribution in [0.15, 0.2) is 48.5 Å². The molecule has 1 heterocycles. The number of carbonyl (C=O) groups excluding carboxylic acids is 3. The van der Waals surface area contributed by atoms with Crippen molar-refractivity contribution in [2.75, 3.05) is 25.5 Å². The van der Waals surface area contributed by atoms with Crippen molar-refractivity contribution < 1.29 is 23.5 Å². The molecule has 1 aliphatic heterocycles. The van der Waals surface area contributed by atoms with Gasteiger partial charge in [0.2, 0.25) is 11.8 Å². The van der Waals surface area contributed by atoms with E-state index in [2.05, 4.69) is 17.4 Å². The molecule has 0 bridgehead atoms. The Morgan fingerprint density at radius 2 is 1.62 bits per heavy atom. The van der Waals surface area contributed by atoms with Gasteiger partial charge in [0, 0.05) is 30.6 Å². The third-order valence-corrected chi connectivity index (χ3v) is 7.92. The molecule has 198 valence electrons. The lowest BCUT2D eigenvalue weighted by Crippen LogP contribution is -2.43. The summed E-state index contributed by atoms with van der Waals surface area (Å²) in [6, 6.07) is 14.2. The molecule has 1 aliphatic carbocycles. The van der Waals surface area contributed by atoms with Crippen molar-refractivity contribution in [1.82, 2.24) is 4.90 Å². The highest BCUT2D eigenvalue weighted by molar-refractivity contribution is 5.92. The topological polar surface area (TPSA) is 75.7 Å². The van der Waals surface area contributed by atoms with E-state index in [9.17, 15) is 18.8 Å². The van der Waals surface area contributed by atoms with Gasteiger partial charge < -0.3 is 15.0 Å². The maximum Gasteiger partial charge on any atom is 0.308 e. The fraction of sp³-hybridized carbons (Fsp3) is 0.500. The molecule has 2 aromatic carbocycles. The summed E-state index contributed by atoms with van der Waals surface area (Å²) in [4.78, 5) is 39.6. The predicted octanol–water partition coefficient (Wildman–Crippen LogP) is 5.33. The van der Waals surface area contributed by atoms with Gasteiger partial charge in [-0.1, -0.05) is 37.6 Å². The fourth-order valence-electron chi connectivity index (χ4n) is 5.66. The molecule has 1 saturated carbocycles. The molecule has 2 fully saturated rings. The molecule has 2 amide bonds. The molecule has 7 heteroatoms. The van der Waals surface area contributed by atoms with Crippen molar-refractivity contribution in [2.45, 2.75) is 57.8 Å². The van der Waals surface area contributed by atoms with Crippen molar-refractivity contribution in [3.8, 4) is 0 Å². The lowest BCUT2D eigenvalue weighted by Gasteiger charge is -2.36. The average molecular weight is 509 g/mol. The zero-order valence-corrected chi connectivity index (χ0v) is 21.8. The third kappa shape index (κ3) is 6.96. The summed E-state index contributed by atoms with van der Waals surface area (Å²) in [6.45, 7) is 3.32. The van der Waals surface area contributed by atoms with Crippen LogP contribution in [-0.4, -0.2) is 42.9 Å². The van der Waals surface area contributed by atoms with E-state index >= 15 is 0 Å². The van der Waals surface area contributed by atoms with Gasteiger partial charge >= 0.3 is 5.97 Å². The lowest BCUT2D eigenvalue weighted by atomic mass is 9.80. The van der Waals surface area contributed by atoms with Crippen molar-refractivity contribution >= 4 is 23.5 Å². The first-order valence-corrected chi connectivity index (χ1v) is 13.4. The smallest absolute Gasteiger partial charge is 0.308 e. The van der Waals surface area contributed by atoms with Crippen molar-refractivity contribution in [3.05, 3.63) is 65.5 Å². The average Bonchev–Trinajstić information content (AvgIpc) is 2.94. The van der Waals surface area contributed by atoms with Crippen LogP contribution in [0.3, 0.4) is 0 Å². The third-order valence-electron chi connectivity index (χ3n) is 7.92. The minimum absolute atomic E-state index is 0.0685. The Hall–Kier alpha value is -3.22. The number of amides is 2. The second kappa shape index (κ2) is 12.3. The van der Waals surface area contributed by atoms with Crippen molar-refractivity contribution in [3.63, 3.8) is 0 Å². The summed E-state index contributed by atoms with van der Waals surface area (Å²) in [5.41, 5.74) is 2.90. The number of carbonyl (C=O) groups is 3. The van der Waals surface area contributed by atoms with Gasteiger partial charge in [-0.15, -0.1) is 0 Å². The number of halogens is 1. The van der Waals surface area contributed by atoms with Gasteiger partial charge in [0.15, 0.2) is 0 Å². The van der Waals surface area contributed by atoms with Gasteiger partial charge in [0.25, 0.3) is 0 Å². The number of esters is 1. The second-order valence-electron chi connectivity index (χ2n) is 10.5. The summed E-state index contributed by atoms with van der Waals surface area (Å²) >= 11 is 0. The van der Waals surface area contributed by atoms with Crippen LogP contribution in [0, 0.1) is 23.6 Å². The van der Waals surface area contributed by atoms with Gasteiger partial charge in [0.1, 0.15) is 5.82 Å². The van der Waals surface area contributed by atoms with Gasteiger partial charge in [0.05, 0.1) is 13.0 Å². The number of nitrogens with one attached hydrogen (secondary N) is 1. The maximum absolute atomic E-state index is 13.1. The predicted molar refractivity (Wildman–Crippen MR) is 140 cm³/mol. The van der Waals surface area contributed by atoms with E-state index in [1.807, 2.05) is 24.0 Å². The monoisotopic (exact) mass is 508 g/mol. The van der Waals surface area contributed by atoms with E-state index < -0.39 is 0 Å². The standard InChI is InChI=1S/C30H37FN2O4/c1-20(18-21-6-10-26(31)11-7-21)28(34)32-27-12-8-22(9-13-27)23-14-16-33(17-15-23)29(35)24-4-3-5-25(19-24)30(36)37-2/h6-13,20,23-25H,3-5,14-19H2,1-2H3,(H,32,34). The Balaban J connectivity index is 1.25. The van der Waals surface area contributed by atoms with E-state index in [0.29, 0.717) is 18.8 Å². The number of ether oxygens (including phenoxy) is 1. The zero-order valence-electron chi connectivity index (χ0n) is 21.8. The Morgan fingerprint density at radius 3 is 2.27 bits per heavy atom. The number of piperidine rings is 1. The molecule has 0 spiro atoms. The Kier molecular flexibility index (Phi) is 8.95. The highest BCUT2D eigenvalue weighted by Crippen LogP contribution is 2.34. The molecule has 0 aromatic heterocycles. The van der Waals surface area contributed by atoms with Crippen LogP contribution in [0.4, 0.5) is 10.1 Å². The van der Waals surface area contributed by atoms with Gasteiger partial charge in [-0.2, -0.15) is 0 Å². The molecule has 6 nitrogen and oxygen atoms in total. The molecule has 2 aromatic rings.